The molecule has 0 aliphatic rings. The van der Waals surface area contributed by atoms with Crippen molar-refractivity contribution in [2.75, 3.05) is 0 Å². The summed E-state index contributed by atoms with van der Waals surface area (Å²) in [6, 6.07) is 9.58. The second-order valence-corrected chi connectivity index (χ2v) is 3.87. The molecule has 0 bridgehead atoms. The highest BCUT2D eigenvalue weighted by Crippen LogP contribution is 2.29. The van der Waals surface area contributed by atoms with E-state index in [9.17, 15) is 4.79 Å². The van der Waals surface area contributed by atoms with E-state index in [1.165, 1.54) is 0 Å². The minimum atomic E-state index is -0.721. The van der Waals surface area contributed by atoms with E-state index in [4.69, 9.17) is 9.15 Å². The summed E-state index contributed by atoms with van der Waals surface area (Å²) >= 11 is 0. The molecule has 0 radical (unpaired) electrons. The van der Waals surface area contributed by atoms with E-state index in [2.05, 4.69) is 0 Å². The molecule has 3 nitrogen and oxygen atoms in total. The first kappa shape index (κ1) is 9.77. The van der Waals surface area contributed by atoms with Gasteiger partial charge in [-0.2, -0.15) is 0 Å². The van der Waals surface area contributed by atoms with Crippen LogP contribution < -0.4 is 0 Å². The molecule has 0 spiro atoms. The summed E-state index contributed by atoms with van der Waals surface area (Å²) in [4.78, 5) is 10.3. The first-order chi connectivity index (χ1) is 7.13. The summed E-state index contributed by atoms with van der Waals surface area (Å²) in [5.41, 5.74) is 0.0795. The van der Waals surface area contributed by atoms with Crippen LogP contribution in [0.25, 0.3) is 11.0 Å². The van der Waals surface area contributed by atoms with Crippen LogP contribution in [0.4, 0.5) is 0 Å². The van der Waals surface area contributed by atoms with Crippen LogP contribution in [-0.4, -0.2) is 6.47 Å². The first-order valence-corrected chi connectivity index (χ1v) is 4.74. The lowest BCUT2D eigenvalue weighted by molar-refractivity contribution is -0.142. The predicted octanol–water partition coefficient (Wildman–Crippen LogP) is 2.84. The van der Waals surface area contributed by atoms with Crippen LogP contribution in [0, 0.1) is 0 Å². The van der Waals surface area contributed by atoms with E-state index in [1.807, 2.05) is 30.3 Å². The highest BCUT2D eigenvalue weighted by atomic mass is 16.5. The normalized spacial score (nSPS) is 11.6. The number of hydrogen-bond acceptors (Lipinski definition) is 3. The Balaban J connectivity index is 2.48. The van der Waals surface area contributed by atoms with Crippen molar-refractivity contribution < 1.29 is 13.9 Å². The van der Waals surface area contributed by atoms with Crippen molar-refractivity contribution in [1.29, 1.82) is 0 Å². The number of carbonyl (C=O) groups is 1. The van der Waals surface area contributed by atoms with Gasteiger partial charge < -0.3 is 9.15 Å². The molecule has 0 atom stereocenters. The van der Waals surface area contributed by atoms with E-state index in [0.29, 0.717) is 12.2 Å². The maximum Gasteiger partial charge on any atom is 0.294 e. The Morgan fingerprint density at radius 3 is 2.73 bits per heavy atom. The Kier molecular flexibility index (Phi) is 2.23. The van der Waals surface area contributed by atoms with Crippen molar-refractivity contribution in [3.63, 3.8) is 0 Å². The number of carbonyl (C=O) groups excluding carboxylic acids is 1. The van der Waals surface area contributed by atoms with Crippen molar-refractivity contribution >= 4 is 17.4 Å². The Labute approximate surface area is 87.6 Å². The standard InChI is InChI=1S/C12H12O3/c1-12(2,14-8-13)11-7-9-5-3-4-6-10(9)15-11/h3-8H,1-2H3. The number of fused-ring (bicyclic) bond motifs is 1. The molecule has 0 N–H and O–H groups in total. The summed E-state index contributed by atoms with van der Waals surface area (Å²) in [7, 11) is 0. The van der Waals surface area contributed by atoms with Gasteiger partial charge in [0.1, 0.15) is 11.3 Å². The Bertz CT molecular complexity index is 449. The van der Waals surface area contributed by atoms with Gasteiger partial charge in [-0.3, -0.25) is 4.79 Å². The lowest BCUT2D eigenvalue weighted by Crippen LogP contribution is -2.19. The third-order valence-electron chi connectivity index (χ3n) is 2.36. The van der Waals surface area contributed by atoms with Crippen molar-refractivity contribution in [1.82, 2.24) is 0 Å². The van der Waals surface area contributed by atoms with E-state index in [1.54, 1.807) is 13.8 Å². The van der Waals surface area contributed by atoms with Gasteiger partial charge in [-0.25, -0.2) is 0 Å². The smallest absolute Gasteiger partial charge is 0.294 e. The molecule has 2 aromatic rings. The fourth-order valence-corrected chi connectivity index (χ4v) is 1.46. The minimum Gasteiger partial charge on any atom is -0.457 e. The van der Waals surface area contributed by atoms with E-state index < -0.39 is 5.60 Å². The second kappa shape index (κ2) is 3.42. The molecule has 78 valence electrons. The second-order valence-electron chi connectivity index (χ2n) is 3.87. The molecule has 0 fully saturated rings. The molecule has 0 saturated carbocycles. The zero-order chi connectivity index (χ0) is 10.9. The van der Waals surface area contributed by atoms with Gasteiger partial charge >= 0.3 is 0 Å². The third kappa shape index (κ3) is 1.73. The number of rotatable bonds is 3. The number of hydrogen-bond donors (Lipinski definition) is 0. The zero-order valence-corrected chi connectivity index (χ0v) is 8.69. The third-order valence-corrected chi connectivity index (χ3v) is 2.36. The number of furan rings is 1. The van der Waals surface area contributed by atoms with Gasteiger partial charge in [0.15, 0.2) is 5.60 Å². The largest absolute Gasteiger partial charge is 0.457 e. The maximum absolute atomic E-state index is 10.3. The van der Waals surface area contributed by atoms with E-state index >= 15 is 0 Å². The van der Waals surface area contributed by atoms with Crippen molar-refractivity contribution in [3.05, 3.63) is 36.1 Å². The minimum absolute atomic E-state index is 0.438. The van der Waals surface area contributed by atoms with Crippen LogP contribution in [0.5, 0.6) is 0 Å². The summed E-state index contributed by atoms with van der Waals surface area (Å²) in [6.45, 7) is 4.02. The van der Waals surface area contributed by atoms with Crippen LogP contribution in [0.1, 0.15) is 19.6 Å². The van der Waals surface area contributed by atoms with Crippen LogP contribution in [0.3, 0.4) is 0 Å². The van der Waals surface area contributed by atoms with Crippen LogP contribution in [0.2, 0.25) is 0 Å². The molecule has 0 saturated heterocycles. The molecule has 3 heteroatoms. The molecular formula is C12H12O3. The SMILES string of the molecule is CC(C)(OC=O)c1cc2ccccc2o1. The summed E-state index contributed by atoms with van der Waals surface area (Å²) < 4.78 is 10.6. The molecule has 15 heavy (non-hydrogen) atoms. The average Bonchev–Trinajstić information content (AvgIpc) is 2.61. The molecule has 0 aliphatic heterocycles. The number of para-hydroxylation sites is 1. The number of benzene rings is 1. The quantitative estimate of drug-likeness (QED) is 0.721. The van der Waals surface area contributed by atoms with E-state index in [0.717, 1.165) is 11.0 Å². The van der Waals surface area contributed by atoms with Crippen LogP contribution in [-0.2, 0) is 15.1 Å². The first-order valence-electron chi connectivity index (χ1n) is 4.74. The van der Waals surface area contributed by atoms with Gasteiger partial charge in [0.25, 0.3) is 6.47 Å². The highest BCUT2D eigenvalue weighted by molar-refractivity contribution is 5.77. The lowest BCUT2D eigenvalue weighted by Gasteiger charge is -2.19. The van der Waals surface area contributed by atoms with Gasteiger partial charge in [-0.15, -0.1) is 0 Å². The van der Waals surface area contributed by atoms with E-state index in [-0.39, 0.29) is 0 Å². The molecule has 1 aromatic carbocycles. The Morgan fingerprint density at radius 2 is 2.07 bits per heavy atom. The number of ether oxygens (including phenoxy) is 1. The van der Waals surface area contributed by atoms with Crippen molar-refractivity contribution in [2.45, 2.75) is 19.4 Å². The fourth-order valence-electron chi connectivity index (χ4n) is 1.46. The molecule has 2 rings (SSSR count). The molecule has 1 aromatic heterocycles. The molecule has 0 unspecified atom stereocenters. The molecule has 0 amide bonds. The predicted molar refractivity (Wildman–Crippen MR) is 56.4 cm³/mol. The topological polar surface area (TPSA) is 39.4 Å². The zero-order valence-electron chi connectivity index (χ0n) is 8.69. The van der Waals surface area contributed by atoms with Crippen LogP contribution in [0.15, 0.2) is 34.7 Å². The Morgan fingerprint density at radius 1 is 1.33 bits per heavy atom. The van der Waals surface area contributed by atoms with Crippen LogP contribution >= 0.6 is 0 Å². The van der Waals surface area contributed by atoms with Gasteiger partial charge in [0, 0.05) is 5.39 Å². The monoisotopic (exact) mass is 204 g/mol. The summed E-state index contributed by atoms with van der Waals surface area (Å²) in [5, 5.41) is 1.01. The average molecular weight is 204 g/mol. The fraction of sp³-hybridized carbons (Fsp3) is 0.250. The highest BCUT2D eigenvalue weighted by Gasteiger charge is 2.26. The maximum atomic E-state index is 10.3. The van der Waals surface area contributed by atoms with Gasteiger partial charge in [-0.1, -0.05) is 18.2 Å². The Hall–Kier alpha value is -1.77. The molecule has 1 heterocycles. The van der Waals surface area contributed by atoms with Gasteiger partial charge in [0.05, 0.1) is 0 Å². The summed E-state index contributed by atoms with van der Waals surface area (Å²) in [6.07, 6.45) is 0. The molecular weight excluding hydrogens is 192 g/mol. The van der Waals surface area contributed by atoms with Crippen molar-refractivity contribution in [3.8, 4) is 0 Å². The van der Waals surface area contributed by atoms with Gasteiger partial charge in [-0.05, 0) is 26.0 Å². The lowest BCUT2D eigenvalue weighted by atomic mass is 10.1. The van der Waals surface area contributed by atoms with Gasteiger partial charge in [0.2, 0.25) is 0 Å². The molecule has 0 aliphatic carbocycles. The summed E-state index contributed by atoms with van der Waals surface area (Å²) in [5.74, 6) is 0.649. The van der Waals surface area contributed by atoms with Crippen molar-refractivity contribution in [2.24, 2.45) is 0 Å².